The van der Waals surface area contributed by atoms with Crippen LogP contribution in [0.2, 0.25) is 0 Å². The molecule has 3 aliphatic rings. The van der Waals surface area contributed by atoms with Crippen LogP contribution in [0.25, 0.3) is 0 Å². The molecule has 3 fully saturated rings. The van der Waals surface area contributed by atoms with Crippen LogP contribution in [0, 0.1) is 5.92 Å². The highest BCUT2D eigenvalue weighted by Crippen LogP contribution is 2.33. The van der Waals surface area contributed by atoms with Crippen LogP contribution in [0.15, 0.2) is 0 Å². The van der Waals surface area contributed by atoms with E-state index in [9.17, 15) is 9.59 Å². The Hall–Kier alpha value is -1.10. The van der Waals surface area contributed by atoms with Crippen molar-refractivity contribution >= 4 is 11.8 Å². The Bertz CT molecular complexity index is 425. The summed E-state index contributed by atoms with van der Waals surface area (Å²) in [4.78, 5) is 28.3. The molecule has 2 heterocycles. The molecule has 2 aliphatic heterocycles. The van der Waals surface area contributed by atoms with Crippen LogP contribution >= 0.6 is 0 Å². The maximum absolute atomic E-state index is 12.8. The number of hydrogen-bond acceptors (Lipinski definition) is 3. The first-order chi connectivity index (χ1) is 9.49. The van der Waals surface area contributed by atoms with Crippen LogP contribution in [-0.2, 0) is 9.59 Å². The lowest BCUT2D eigenvalue weighted by atomic mass is 9.76. The Balaban J connectivity index is 1.67. The molecule has 0 aromatic rings. The molecule has 0 aromatic heterocycles. The summed E-state index contributed by atoms with van der Waals surface area (Å²) in [6, 6.07) is 0.227. The van der Waals surface area contributed by atoms with Crippen molar-refractivity contribution < 1.29 is 9.59 Å². The molecule has 0 radical (unpaired) electrons. The number of hydrogen-bond donors (Lipinski definition) is 1. The molecule has 0 spiro atoms. The zero-order chi connectivity index (χ0) is 14.3. The Morgan fingerprint density at radius 2 is 2.15 bits per heavy atom. The number of piperazine rings is 1. The quantitative estimate of drug-likeness (QED) is 0.769. The fourth-order valence-corrected chi connectivity index (χ4v) is 4.15. The van der Waals surface area contributed by atoms with Gasteiger partial charge in [-0.15, -0.1) is 0 Å². The smallest absolute Gasteiger partial charge is 0.242 e. The van der Waals surface area contributed by atoms with Gasteiger partial charge in [0.05, 0.1) is 5.54 Å². The third kappa shape index (κ3) is 2.32. The van der Waals surface area contributed by atoms with Gasteiger partial charge < -0.3 is 15.5 Å². The summed E-state index contributed by atoms with van der Waals surface area (Å²) in [7, 11) is 0. The first-order valence-electron chi connectivity index (χ1n) is 7.87. The van der Waals surface area contributed by atoms with Crippen molar-refractivity contribution in [1.82, 2.24) is 9.80 Å². The zero-order valence-corrected chi connectivity index (χ0v) is 12.3. The van der Waals surface area contributed by atoms with Crippen LogP contribution in [0.5, 0.6) is 0 Å². The first-order valence-corrected chi connectivity index (χ1v) is 7.87. The summed E-state index contributed by atoms with van der Waals surface area (Å²) in [5, 5.41) is 0. The van der Waals surface area contributed by atoms with Gasteiger partial charge in [0.1, 0.15) is 0 Å². The summed E-state index contributed by atoms with van der Waals surface area (Å²) in [6.45, 7) is 4.19. The summed E-state index contributed by atoms with van der Waals surface area (Å²) in [5.41, 5.74) is 5.75. The molecule has 3 unspecified atom stereocenters. The van der Waals surface area contributed by atoms with Crippen LogP contribution in [0.4, 0.5) is 0 Å². The molecule has 3 atom stereocenters. The molecule has 1 saturated carbocycles. The molecule has 2 amide bonds. The molecular weight excluding hydrogens is 254 g/mol. The fraction of sp³-hybridized carbons (Fsp3) is 0.867. The Morgan fingerprint density at radius 3 is 2.90 bits per heavy atom. The third-order valence-corrected chi connectivity index (χ3v) is 5.24. The highest BCUT2D eigenvalue weighted by atomic mass is 16.2. The van der Waals surface area contributed by atoms with Gasteiger partial charge in [0.2, 0.25) is 11.8 Å². The molecule has 0 aromatic carbocycles. The maximum atomic E-state index is 12.8. The lowest BCUT2D eigenvalue weighted by molar-refractivity contribution is -0.144. The Kier molecular flexibility index (Phi) is 3.48. The van der Waals surface area contributed by atoms with Gasteiger partial charge in [-0.3, -0.25) is 9.59 Å². The maximum Gasteiger partial charge on any atom is 0.242 e. The zero-order valence-electron chi connectivity index (χ0n) is 12.3. The van der Waals surface area contributed by atoms with Crippen molar-refractivity contribution in [3.8, 4) is 0 Å². The van der Waals surface area contributed by atoms with Crippen molar-refractivity contribution in [2.75, 3.05) is 19.6 Å². The van der Waals surface area contributed by atoms with Gasteiger partial charge in [-0.1, -0.05) is 19.8 Å². The topological polar surface area (TPSA) is 66.6 Å². The van der Waals surface area contributed by atoms with Gasteiger partial charge in [-0.25, -0.2) is 0 Å². The molecule has 3 rings (SSSR count). The minimum Gasteiger partial charge on any atom is -0.337 e. The van der Waals surface area contributed by atoms with Crippen LogP contribution in [0.3, 0.4) is 0 Å². The summed E-state index contributed by atoms with van der Waals surface area (Å²) in [5.74, 6) is 0.894. The largest absolute Gasteiger partial charge is 0.337 e. The van der Waals surface area contributed by atoms with Gasteiger partial charge >= 0.3 is 0 Å². The predicted octanol–water partition coefficient (Wildman–Crippen LogP) is 0.727. The number of nitrogens with zero attached hydrogens (tertiary/aromatic N) is 2. The third-order valence-electron chi connectivity index (χ3n) is 5.24. The summed E-state index contributed by atoms with van der Waals surface area (Å²) < 4.78 is 0. The summed E-state index contributed by atoms with van der Waals surface area (Å²) >= 11 is 0. The lowest BCUT2D eigenvalue weighted by Gasteiger charge is -2.43. The van der Waals surface area contributed by atoms with E-state index < -0.39 is 5.54 Å². The number of carbonyl (C=O) groups excluding carboxylic acids is 2. The molecule has 5 nitrogen and oxygen atoms in total. The van der Waals surface area contributed by atoms with Crippen molar-refractivity contribution in [1.29, 1.82) is 0 Å². The van der Waals surface area contributed by atoms with Crippen molar-refractivity contribution in [2.45, 2.75) is 57.0 Å². The number of carbonyl (C=O) groups is 2. The highest BCUT2D eigenvalue weighted by molar-refractivity contribution is 5.87. The monoisotopic (exact) mass is 279 g/mol. The normalized spacial score (nSPS) is 38.0. The number of rotatable bonds is 1. The van der Waals surface area contributed by atoms with Crippen LogP contribution < -0.4 is 5.73 Å². The van der Waals surface area contributed by atoms with E-state index >= 15 is 0 Å². The molecule has 1 aliphatic carbocycles. The standard InChI is InChI=1S/C15H25N3O2/c1-11-3-2-6-15(16,9-11)14(20)17-7-8-18-12(10-17)4-5-13(18)19/h11-12H,2-10,16H2,1H3. The molecule has 0 bridgehead atoms. The van der Waals surface area contributed by atoms with E-state index in [0.717, 1.165) is 25.7 Å². The summed E-state index contributed by atoms with van der Waals surface area (Å²) in [6.07, 6.45) is 5.35. The van der Waals surface area contributed by atoms with Gasteiger partial charge in [0, 0.05) is 32.1 Å². The van der Waals surface area contributed by atoms with Crippen LogP contribution in [-0.4, -0.2) is 52.8 Å². The molecule has 2 N–H and O–H groups in total. The highest BCUT2D eigenvalue weighted by Gasteiger charge is 2.44. The Labute approximate surface area is 120 Å². The van der Waals surface area contributed by atoms with Gasteiger partial charge in [0.15, 0.2) is 0 Å². The second-order valence-electron chi connectivity index (χ2n) is 6.89. The molecule has 5 heteroatoms. The second-order valence-corrected chi connectivity index (χ2v) is 6.89. The van der Waals surface area contributed by atoms with Crippen molar-refractivity contribution in [2.24, 2.45) is 11.7 Å². The van der Waals surface area contributed by atoms with E-state index in [1.54, 1.807) is 0 Å². The number of fused-ring (bicyclic) bond motifs is 1. The van der Waals surface area contributed by atoms with Crippen molar-refractivity contribution in [3.63, 3.8) is 0 Å². The van der Waals surface area contributed by atoms with Gasteiger partial charge in [-0.05, 0) is 25.2 Å². The second kappa shape index (κ2) is 5.02. The predicted molar refractivity (Wildman–Crippen MR) is 75.9 cm³/mol. The molecule has 112 valence electrons. The SMILES string of the molecule is CC1CCCC(N)(C(=O)N2CCN3C(=O)CCC3C2)C1. The van der Waals surface area contributed by atoms with E-state index in [-0.39, 0.29) is 17.9 Å². The van der Waals surface area contributed by atoms with E-state index in [1.165, 1.54) is 6.42 Å². The average molecular weight is 279 g/mol. The molecule has 2 saturated heterocycles. The number of amides is 2. The van der Waals surface area contributed by atoms with E-state index in [4.69, 9.17) is 5.73 Å². The average Bonchev–Trinajstić information content (AvgIpc) is 2.79. The molecule has 20 heavy (non-hydrogen) atoms. The first kappa shape index (κ1) is 13.9. The van der Waals surface area contributed by atoms with E-state index in [1.807, 2.05) is 9.80 Å². The fourth-order valence-electron chi connectivity index (χ4n) is 4.15. The van der Waals surface area contributed by atoms with Crippen LogP contribution in [0.1, 0.15) is 45.4 Å². The minimum atomic E-state index is -0.664. The Morgan fingerprint density at radius 1 is 1.35 bits per heavy atom. The van der Waals surface area contributed by atoms with E-state index in [2.05, 4.69) is 6.92 Å². The minimum absolute atomic E-state index is 0.114. The van der Waals surface area contributed by atoms with Gasteiger partial charge in [-0.2, -0.15) is 0 Å². The van der Waals surface area contributed by atoms with Crippen molar-refractivity contribution in [3.05, 3.63) is 0 Å². The lowest BCUT2D eigenvalue weighted by Crippen LogP contribution is -2.62. The van der Waals surface area contributed by atoms with Gasteiger partial charge in [0.25, 0.3) is 0 Å². The molecular formula is C15H25N3O2. The number of nitrogens with two attached hydrogens (primary N) is 1. The van der Waals surface area contributed by atoms with E-state index in [0.29, 0.717) is 32.0 Å².